The van der Waals surface area contributed by atoms with Crippen LogP contribution >= 0.6 is 0 Å². The molecule has 0 saturated carbocycles. The van der Waals surface area contributed by atoms with Gasteiger partial charge in [0, 0.05) is 18.0 Å². The van der Waals surface area contributed by atoms with Crippen molar-refractivity contribution in [3.8, 4) is 5.75 Å². The lowest BCUT2D eigenvalue weighted by atomic mass is 10.0. The highest BCUT2D eigenvalue weighted by Gasteiger charge is 2.13. The second-order valence-corrected chi connectivity index (χ2v) is 3.78. The number of methoxy groups -OCH3 is 1. The van der Waals surface area contributed by atoms with E-state index in [1.165, 1.54) is 0 Å². The van der Waals surface area contributed by atoms with Crippen LogP contribution in [0.15, 0.2) is 42.7 Å². The molecule has 0 saturated heterocycles. The van der Waals surface area contributed by atoms with Gasteiger partial charge < -0.3 is 4.74 Å². The Morgan fingerprint density at radius 3 is 2.71 bits per heavy atom. The molecule has 86 valence electrons. The molecule has 0 bridgehead atoms. The van der Waals surface area contributed by atoms with Crippen molar-refractivity contribution < 1.29 is 9.53 Å². The zero-order valence-electron chi connectivity index (χ0n) is 9.81. The maximum Gasteiger partial charge on any atom is 0.198 e. The van der Waals surface area contributed by atoms with Gasteiger partial charge in [-0.1, -0.05) is 12.1 Å². The van der Waals surface area contributed by atoms with Crippen molar-refractivity contribution >= 4 is 5.78 Å². The third kappa shape index (κ3) is 2.33. The maximum absolute atomic E-state index is 12.3. The molecule has 0 unspecified atom stereocenters. The second-order valence-electron chi connectivity index (χ2n) is 3.78. The molecule has 0 atom stereocenters. The fourth-order valence-electron chi connectivity index (χ4n) is 1.67. The molecule has 2 rings (SSSR count). The van der Waals surface area contributed by atoms with Crippen molar-refractivity contribution in [3.63, 3.8) is 0 Å². The molecule has 3 heteroatoms. The number of hydrogen-bond acceptors (Lipinski definition) is 3. The molecule has 0 fully saturated rings. The number of aryl methyl sites for hydroxylation is 1. The standard InChI is InChI=1S/C14H13NO2/c1-10-7-11(9-15-8-10)14(16)12-5-3-4-6-13(12)17-2/h3-9H,1-2H3. The topological polar surface area (TPSA) is 39.2 Å². The molecule has 3 nitrogen and oxygen atoms in total. The van der Waals surface area contributed by atoms with Gasteiger partial charge in [-0.3, -0.25) is 9.78 Å². The largest absolute Gasteiger partial charge is 0.496 e. The van der Waals surface area contributed by atoms with Gasteiger partial charge in [-0.05, 0) is 30.7 Å². The molecule has 17 heavy (non-hydrogen) atoms. The first-order chi connectivity index (χ1) is 8.22. The summed E-state index contributed by atoms with van der Waals surface area (Å²) in [5.74, 6) is 0.512. The smallest absolute Gasteiger partial charge is 0.198 e. The summed E-state index contributed by atoms with van der Waals surface area (Å²) in [6.45, 7) is 1.91. The van der Waals surface area contributed by atoms with Crippen molar-refractivity contribution in [2.75, 3.05) is 7.11 Å². The van der Waals surface area contributed by atoms with Gasteiger partial charge in [0.1, 0.15) is 5.75 Å². The van der Waals surface area contributed by atoms with E-state index in [1.54, 1.807) is 31.6 Å². The summed E-state index contributed by atoms with van der Waals surface area (Å²) in [5.41, 5.74) is 2.10. The van der Waals surface area contributed by atoms with Crippen molar-refractivity contribution in [2.45, 2.75) is 6.92 Å². The SMILES string of the molecule is COc1ccccc1C(=O)c1cncc(C)c1. The summed E-state index contributed by atoms with van der Waals surface area (Å²) in [6.07, 6.45) is 3.29. The summed E-state index contributed by atoms with van der Waals surface area (Å²) in [7, 11) is 1.56. The Bertz CT molecular complexity index is 549. The van der Waals surface area contributed by atoms with E-state index >= 15 is 0 Å². The van der Waals surface area contributed by atoms with E-state index in [9.17, 15) is 4.79 Å². The lowest BCUT2D eigenvalue weighted by Gasteiger charge is -2.07. The van der Waals surface area contributed by atoms with Crippen molar-refractivity contribution in [1.82, 2.24) is 4.98 Å². The van der Waals surface area contributed by atoms with Gasteiger partial charge in [-0.15, -0.1) is 0 Å². The number of para-hydroxylation sites is 1. The molecule has 0 aliphatic heterocycles. The number of pyridine rings is 1. The normalized spacial score (nSPS) is 10.0. The van der Waals surface area contributed by atoms with Crippen LogP contribution in [0, 0.1) is 6.92 Å². The summed E-state index contributed by atoms with van der Waals surface area (Å²) >= 11 is 0. The van der Waals surface area contributed by atoms with Crippen LogP contribution in [0.3, 0.4) is 0 Å². The van der Waals surface area contributed by atoms with Crippen LogP contribution in [0.2, 0.25) is 0 Å². The number of ketones is 1. The fourth-order valence-corrected chi connectivity index (χ4v) is 1.67. The second kappa shape index (κ2) is 4.78. The number of carbonyl (C=O) groups excluding carboxylic acids is 1. The summed E-state index contributed by atoms with van der Waals surface area (Å²) < 4.78 is 5.18. The molecular weight excluding hydrogens is 214 g/mol. The minimum atomic E-state index is -0.0707. The average molecular weight is 227 g/mol. The first-order valence-corrected chi connectivity index (χ1v) is 5.31. The molecule has 0 aliphatic rings. The molecule has 0 amide bonds. The zero-order chi connectivity index (χ0) is 12.3. The molecule has 0 aliphatic carbocycles. The number of aromatic nitrogens is 1. The van der Waals surface area contributed by atoms with Crippen LogP contribution in [0.1, 0.15) is 21.5 Å². The van der Waals surface area contributed by atoms with Crippen LogP contribution in [0.5, 0.6) is 5.75 Å². The van der Waals surface area contributed by atoms with Crippen molar-refractivity contribution in [2.24, 2.45) is 0 Å². The Morgan fingerprint density at radius 1 is 1.24 bits per heavy atom. The summed E-state index contributed by atoms with van der Waals surface area (Å²) in [5, 5.41) is 0. The molecular formula is C14H13NO2. The van der Waals surface area contributed by atoms with Crippen LogP contribution in [-0.4, -0.2) is 17.9 Å². The Labute approximate surface area is 100 Å². The molecule has 1 aromatic carbocycles. The molecule has 0 radical (unpaired) electrons. The van der Waals surface area contributed by atoms with Crippen molar-refractivity contribution in [1.29, 1.82) is 0 Å². The first kappa shape index (κ1) is 11.3. The van der Waals surface area contributed by atoms with Gasteiger partial charge in [0.25, 0.3) is 0 Å². The lowest BCUT2D eigenvalue weighted by Crippen LogP contribution is -2.04. The maximum atomic E-state index is 12.3. The van der Waals surface area contributed by atoms with E-state index in [0.717, 1.165) is 5.56 Å². The van der Waals surface area contributed by atoms with Crippen LogP contribution in [-0.2, 0) is 0 Å². The lowest BCUT2D eigenvalue weighted by molar-refractivity contribution is 0.103. The number of carbonyl (C=O) groups is 1. The van der Waals surface area contributed by atoms with Gasteiger partial charge in [0.05, 0.1) is 12.7 Å². The Morgan fingerprint density at radius 2 is 2.00 bits per heavy atom. The van der Waals surface area contributed by atoms with Gasteiger partial charge in [-0.25, -0.2) is 0 Å². The van der Waals surface area contributed by atoms with E-state index in [0.29, 0.717) is 16.9 Å². The number of nitrogens with zero attached hydrogens (tertiary/aromatic N) is 1. The van der Waals surface area contributed by atoms with Gasteiger partial charge in [-0.2, -0.15) is 0 Å². The zero-order valence-corrected chi connectivity index (χ0v) is 9.81. The number of benzene rings is 1. The number of rotatable bonds is 3. The third-order valence-electron chi connectivity index (χ3n) is 2.49. The van der Waals surface area contributed by atoms with E-state index < -0.39 is 0 Å². The highest BCUT2D eigenvalue weighted by atomic mass is 16.5. The highest BCUT2D eigenvalue weighted by molar-refractivity contribution is 6.10. The van der Waals surface area contributed by atoms with E-state index in [4.69, 9.17) is 4.74 Å². The van der Waals surface area contributed by atoms with Gasteiger partial charge in [0.2, 0.25) is 0 Å². The van der Waals surface area contributed by atoms with E-state index in [1.807, 2.05) is 25.1 Å². The minimum Gasteiger partial charge on any atom is -0.496 e. The monoisotopic (exact) mass is 227 g/mol. The average Bonchev–Trinajstić information content (AvgIpc) is 2.38. The highest BCUT2D eigenvalue weighted by Crippen LogP contribution is 2.20. The fraction of sp³-hybridized carbons (Fsp3) is 0.143. The molecule has 1 aromatic heterocycles. The molecule has 0 N–H and O–H groups in total. The van der Waals surface area contributed by atoms with E-state index in [2.05, 4.69) is 4.98 Å². The number of hydrogen-bond donors (Lipinski definition) is 0. The van der Waals surface area contributed by atoms with Gasteiger partial charge in [0.15, 0.2) is 5.78 Å². The van der Waals surface area contributed by atoms with Crippen molar-refractivity contribution in [3.05, 3.63) is 59.4 Å². The first-order valence-electron chi connectivity index (χ1n) is 5.31. The summed E-state index contributed by atoms with van der Waals surface area (Å²) in [6, 6.07) is 9.00. The number of ether oxygens (including phenoxy) is 1. The van der Waals surface area contributed by atoms with E-state index in [-0.39, 0.29) is 5.78 Å². The third-order valence-corrected chi connectivity index (χ3v) is 2.49. The van der Waals surface area contributed by atoms with Crippen LogP contribution < -0.4 is 4.74 Å². The predicted octanol–water partition coefficient (Wildman–Crippen LogP) is 2.63. The van der Waals surface area contributed by atoms with Crippen LogP contribution in [0.4, 0.5) is 0 Å². The van der Waals surface area contributed by atoms with Gasteiger partial charge >= 0.3 is 0 Å². The quantitative estimate of drug-likeness (QED) is 0.757. The molecule has 0 spiro atoms. The Kier molecular flexibility index (Phi) is 3.19. The molecule has 2 aromatic rings. The molecule has 1 heterocycles. The van der Waals surface area contributed by atoms with Crippen LogP contribution in [0.25, 0.3) is 0 Å². The Hall–Kier alpha value is -2.16. The Balaban J connectivity index is 2.44. The minimum absolute atomic E-state index is 0.0707. The predicted molar refractivity (Wildman–Crippen MR) is 65.4 cm³/mol. The summed E-state index contributed by atoms with van der Waals surface area (Å²) in [4.78, 5) is 16.3.